The van der Waals surface area contributed by atoms with Crippen LogP contribution in [0.4, 0.5) is 0 Å². The van der Waals surface area contributed by atoms with Gasteiger partial charge in [0.1, 0.15) is 5.54 Å². The molecule has 5 nitrogen and oxygen atoms in total. The van der Waals surface area contributed by atoms with Gasteiger partial charge in [0.2, 0.25) is 0 Å². The van der Waals surface area contributed by atoms with E-state index in [1.54, 1.807) is 6.92 Å². The third kappa shape index (κ3) is 3.66. The lowest BCUT2D eigenvalue weighted by molar-refractivity contribution is -0.146. The van der Waals surface area contributed by atoms with Crippen LogP contribution in [0.1, 0.15) is 27.7 Å². The van der Waals surface area contributed by atoms with Crippen LogP contribution in [0.2, 0.25) is 0 Å². The maximum Gasteiger partial charge on any atom is 0.324 e. The van der Waals surface area contributed by atoms with Crippen LogP contribution in [0.15, 0.2) is 0 Å². The highest BCUT2D eigenvalue weighted by atomic mass is 16.5. The van der Waals surface area contributed by atoms with Crippen LogP contribution >= 0.6 is 0 Å². The number of carboxylic acids is 1. The molecule has 0 aromatic heterocycles. The van der Waals surface area contributed by atoms with E-state index in [4.69, 9.17) is 4.74 Å². The number of carboxylic acid groups (broad SMARTS) is 1. The molecule has 3 unspecified atom stereocenters. The standard InChI is InChI=1S/C12H24N2O3/c1-5-13-12(4,11(15)16)8-14-6-10(3)17-7-9(14)2/h9-10,13H,5-8H2,1-4H3,(H,15,16). The average Bonchev–Trinajstić information content (AvgIpc) is 2.23. The van der Waals surface area contributed by atoms with Gasteiger partial charge in [0.25, 0.3) is 0 Å². The summed E-state index contributed by atoms with van der Waals surface area (Å²) in [6, 6.07) is 0.267. The Kier molecular flexibility index (Phi) is 4.91. The number of rotatable bonds is 5. The highest BCUT2D eigenvalue weighted by Crippen LogP contribution is 2.16. The van der Waals surface area contributed by atoms with Gasteiger partial charge in [-0.1, -0.05) is 6.92 Å². The molecule has 3 atom stereocenters. The quantitative estimate of drug-likeness (QED) is 0.739. The normalized spacial score (nSPS) is 29.9. The van der Waals surface area contributed by atoms with Crippen LogP contribution < -0.4 is 5.32 Å². The fraction of sp³-hybridized carbons (Fsp3) is 0.917. The molecule has 100 valence electrons. The Morgan fingerprint density at radius 2 is 2.24 bits per heavy atom. The summed E-state index contributed by atoms with van der Waals surface area (Å²) in [5.74, 6) is -0.800. The highest BCUT2D eigenvalue weighted by molar-refractivity contribution is 5.78. The Bertz CT molecular complexity index is 272. The lowest BCUT2D eigenvalue weighted by Gasteiger charge is -2.41. The summed E-state index contributed by atoms with van der Waals surface area (Å²) < 4.78 is 5.55. The molecule has 0 bridgehead atoms. The molecule has 0 amide bonds. The molecular weight excluding hydrogens is 220 g/mol. The topological polar surface area (TPSA) is 61.8 Å². The number of ether oxygens (including phenoxy) is 1. The summed E-state index contributed by atoms with van der Waals surface area (Å²) in [7, 11) is 0. The van der Waals surface area contributed by atoms with Gasteiger partial charge in [-0.2, -0.15) is 0 Å². The van der Waals surface area contributed by atoms with Crippen molar-refractivity contribution in [3.05, 3.63) is 0 Å². The molecule has 1 aliphatic heterocycles. The fourth-order valence-electron chi connectivity index (χ4n) is 2.19. The molecule has 0 radical (unpaired) electrons. The van der Waals surface area contributed by atoms with Gasteiger partial charge < -0.3 is 15.2 Å². The van der Waals surface area contributed by atoms with E-state index in [9.17, 15) is 9.90 Å². The molecule has 0 aromatic rings. The molecule has 5 heteroatoms. The Labute approximate surface area is 103 Å². The summed E-state index contributed by atoms with van der Waals surface area (Å²) in [6.45, 7) is 10.4. The van der Waals surface area contributed by atoms with Gasteiger partial charge >= 0.3 is 5.97 Å². The number of nitrogens with one attached hydrogen (secondary N) is 1. The molecule has 1 saturated heterocycles. The molecule has 1 rings (SSSR count). The van der Waals surface area contributed by atoms with Crippen molar-refractivity contribution in [3.8, 4) is 0 Å². The van der Waals surface area contributed by atoms with Gasteiger partial charge in [0, 0.05) is 19.1 Å². The minimum Gasteiger partial charge on any atom is -0.480 e. The minimum atomic E-state index is -0.889. The second-order valence-corrected chi connectivity index (χ2v) is 5.09. The van der Waals surface area contributed by atoms with E-state index < -0.39 is 11.5 Å². The molecule has 0 aliphatic carbocycles. The van der Waals surface area contributed by atoms with Crippen LogP contribution in [-0.4, -0.2) is 59.9 Å². The maximum absolute atomic E-state index is 11.4. The molecule has 1 aliphatic rings. The number of aliphatic carboxylic acids is 1. The first kappa shape index (κ1) is 14.4. The van der Waals surface area contributed by atoms with Crippen molar-refractivity contribution < 1.29 is 14.6 Å². The van der Waals surface area contributed by atoms with Crippen LogP contribution in [0.25, 0.3) is 0 Å². The molecule has 1 heterocycles. The number of likely N-dealkylation sites (N-methyl/N-ethyl adjacent to an activating group) is 1. The Morgan fingerprint density at radius 1 is 1.59 bits per heavy atom. The van der Waals surface area contributed by atoms with E-state index in [-0.39, 0.29) is 12.1 Å². The summed E-state index contributed by atoms with van der Waals surface area (Å²) >= 11 is 0. The summed E-state index contributed by atoms with van der Waals surface area (Å²) in [4.78, 5) is 13.5. The maximum atomic E-state index is 11.4. The van der Waals surface area contributed by atoms with E-state index >= 15 is 0 Å². The molecule has 0 saturated carbocycles. The van der Waals surface area contributed by atoms with Crippen LogP contribution in [0.5, 0.6) is 0 Å². The second-order valence-electron chi connectivity index (χ2n) is 5.09. The number of carbonyl (C=O) groups is 1. The van der Waals surface area contributed by atoms with Crippen LogP contribution in [0, 0.1) is 0 Å². The number of hydrogen-bond acceptors (Lipinski definition) is 4. The lowest BCUT2D eigenvalue weighted by atomic mass is 10.00. The van der Waals surface area contributed by atoms with E-state index in [0.29, 0.717) is 19.7 Å². The molecular formula is C12H24N2O3. The van der Waals surface area contributed by atoms with Crippen LogP contribution in [0.3, 0.4) is 0 Å². The van der Waals surface area contributed by atoms with Crippen molar-refractivity contribution in [2.75, 3.05) is 26.2 Å². The van der Waals surface area contributed by atoms with E-state index in [1.807, 2.05) is 13.8 Å². The first-order valence-electron chi connectivity index (χ1n) is 6.23. The zero-order valence-electron chi connectivity index (χ0n) is 11.2. The minimum absolute atomic E-state index is 0.172. The summed E-state index contributed by atoms with van der Waals surface area (Å²) in [6.07, 6.45) is 0.172. The number of nitrogens with zero attached hydrogens (tertiary/aromatic N) is 1. The average molecular weight is 244 g/mol. The molecule has 1 fully saturated rings. The van der Waals surface area contributed by atoms with Gasteiger partial charge in [0.05, 0.1) is 12.7 Å². The van der Waals surface area contributed by atoms with Crippen molar-refractivity contribution >= 4 is 5.97 Å². The van der Waals surface area contributed by atoms with Gasteiger partial charge in [-0.05, 0) is 27.3 Å². The Hall–Kier alpha value is -0.650. The first-order valence-corrected chi connectivity index (χ1v) is 6.23. The fourth-order valence-corrected chi connectivity index (χ4v) is 2.19. The predicted octanol–water partition coefficient (Wildman–Crippen LogP) is 0.548. The SMILES string of the molecule is CCNC(C)(CN1CC(C)OCC1C)C(=O)O. The Balaban J connectivity index is 2.68. The number of hydrogen-bond donors (Lipinski definition) is 2. The zero-order chi connectivity index (χ0) is 13.1. The van der Waals surface area contributed by atoms with Gasteiger partial charge in [-0.3, -0.25) is 9.69 Å². The van der Waals surface area contributed by atoms with Gasteiger partial charge in [0.15, 0.2) is 0 Å². The van der Waals surface area contributed by atoms with Crippen molar-refractivity contribution in [2.24, 2.45) is 0 Å². The van der Waals surface area contributed by atoms with Gasteiger partial charge in [-0.25, -0.2) is 0 Å². The smallest absolute Gasteiger partial charge is 0.324 e. The molecule has 0 aromatic carbocycles. The van der Waals surface area contributed by atoms with Crippen molar-refractivity contribution in [2.45, 2.75) is 45.4 Å². The van der Waals surface area contributed by atoms with E-state index in [1.165, 1.54) is 0 Å². The lowest BCUT2D eigenvalue weighted by Crippen LogP contribution is -2.60. The third-order valence-electron chi connectivity index (χ3n) is 3.30. The molecule has 0 spiro atoms. The largest absolute Gasteiger partial charge is 0.480 e. The van der Waals surface area contributed by atoms with Crippen molar-refractivity contribution in [3.63, 3.8) is 0 Å². The van der Waals surface area contributed by atoms with Gasteiger partial charge in [-0.15, -0.1) is 0 Å². The Morgan fingerprint density at radius 3 is 2.76 bits per heavy atom. The molecule has 2 N–H and O–H groups in total. The monoisotopic (exact) mass is 244 g/mol. The highest BCUT2D eigenvalue weighted by Gasteiger charge is 2.37. The first-order chi connectivity index (χ1) is 7.89. The van der Waals surface area contributed by atoms with Crippen LogP contribution in [-0.2, 0) is 9.53 Å². The van der Waals surface area contributed by atoms with E-state index in [2.05, 4.69) is 17.1 Å². The predicted molar refractivity (Wildman–Crippen MR) is 66.2 cm³/mol. The van der Waals surface area contributed by atoms with Crippen molar-refractivity contribution in [1.29, 1.82) is 0 Å². The van der Waals surface area contributed by atoms with Crippen molar-refractivity contribution in [1.82, 2.24) is 10.2 Å². The summed E-state index contributed by atoms with van der Waals surface area (Å²) in [5, 5.41) is 12.4. The molecule has 17 heavy (non-hydrogen) atoms. The summed E-state index contributed by atoms with van der Waals surface area (Å²) in [5.41, 5.74) is -0.889. The second kappa shape index (κ2) is 5.80. The van der Waals surface area contributed by atoms with E-state index in [0.717, 1.165) is 6.54 Å². The zero-order valence-corrected chi connectivity index (χ0v) is 11.2. The third-order valence-corrected chi connectivity index (χ3v) is 3.30. The number of morpholine rings is 1.